The standard InChI is InChI=1S/C8H19O4Si/c1-5-11-8(12-6-2)7-13(9-3)10-4/h8H,5-7H2,1-4H3. The fraction of sp³-hybridized carbons (Fsp3) is 1.00. The Kier molecular flexibility index (Phi) is 8.68. The van der Waals surface area contributed by atoms with Gasteiger partial charge in [-0.25, -0.2) is 0 Å². The van der Waals surface area contributed by atoms with Crippen molar-refractivity contribution in [2.45, 2.75) is 26.2 Å². The number of hydrogen-bond donors (Lipinski definition) is 0. The summed E-state index contributed by atoms with van der Waals surface area (Å²) >= 11 is 0. The van der Waals surface area contributed by atoms with Crippen molar-refractivity contribution in [2.24, 2.45) is 0 Å². The van der Waals surface area contributed by atoms with Crippen LogP contribution in [0.3, 0.4) is 0 Å². The van der Waals surface area contributed by atoms with Crippen LogP contribution in [-0.4, -0.2) is 43.0 Å². The van der Waals surface area contributed by atoms with Crippen LogP contribution in [-0.2, 0) is 18.3 Å². The van der Waals surface area contributed by atoms with Crippen molar-refractivity contribution in [3.05, 3.63) is 0 Å². The molecule has 0 N–H and O–H groups in total. The highest BCUT2D eigenvalue weighted by molar-refractivity contribution is 6.44. The molecule has 5 heteroatoms. The predicted octanol–water partition coefficient (Wildman–Crippen LogP) is 1.17. The molecule has 0 atom stereocenters. The summed E-state index contributed by atoms with van der Waals surface area (Å²) in [4.78, 5) is 0. The molecule has 0 unspecified atom stereocenters. The van der Waals surface area contributed by atoms with Gasteiger partial charge in [0, 0.05) is 33.5 Å². The predicted molar refractivity (Wildman–Crippen MR) is 51.6 cm³/mol. The van der Waals surface area contributed by atoms with E-state index in [-0.39, 0.29) is 6.29 Å². The van der Waals surface area contributed by atoms with Crippen LogP contribution < -0.4 is 0 Å². The van der Waals surface area contributed by atoms with Gasteiger partial charge in [-0.15, -0.1) is 0 Å². The minimum Gasteiger partial charge on any atom is -0.397 e. The van der Waals surface area contributed by atoms with Gasteiger partial charge in [-0.1, -0.05) is 0 Å². The van der Waals surface area contributed by atoms with E-state index in [0.717, 1.165) is 0 Å². The minimum atomic E-state index is -1.22. The van der Waals surface area contributed by atoms with Gasteiger partial charge in [0.05, 0.1) is 0 Å². The summed E-state index contributed by atoms with van der Waals surface area (Å²) in [5.41, 5.74) is 0. The summed E-state index contributed by atoms with van der Waals surface area (Å²) < 4.78 is 21.0. The van der Waals surface area contributed by atoms with Gasteiger partial charge in [-0.2, -0.15) is 0 Å². The molecule has 0 fully saturated rings. The summed E-state index contributed by atoms with van der Waals surface area (Å²) in [7, 11) is 2.08. The summed E-state index contributed by atoms with van der Waals surface area (Å²) in [6, 6.07) is 0.694. The SMILES string of the molecule is CCOC(C[Si](OC)OC)OCC. The lowest BCUT2D eigenvalue weighted by Crippen LogP contribution is -2.29. The Balaban J connectivity index is 3.76. The van der Waals surface area contributed by atoms with E-state index >= 15 is 0 Å². The zero-order chi connectivity index (χ0) is 10.1. The highest BCUT2D eigenvalue weighted by Crippen LogP contribution is 2.06. The van der Waals surface area contributed by atoms with Crippen LogP contribution in [0, 0.1) is 0 Å². The molecule has 0 aliphatic rings. The number of rotatable bonds is 8. The van der Waals surface area contributed by atoms with Crippen LogP contribution in [0.4, 0.5) is 0 Å². The smallest absolute Gasteiger partial charge is 0.389 e. The first-order valence-electron chi connectivity index (χ1n) is 4.45. The summed E-state index contributed by atoms with van der Waals surface area (Å²) in [5, 5.41) is 0. The first-order valence-corrected chi connectivity index (χ1v) is 5.97. The molecule has 0 heterocycles. The normalized spacial score (nSPS) is 11.5. The molecule has 0 aromatic heterocycles. The average Bonchev–Trinajstić information content (AvgIpc) is 2.14. The van der Waals surface area contributed by atoms with Gasteiger partial charge >= 0.3 is 9.28 Å². The number of ether oxygens (including phenoxy) is 2. The van der Waals surface area contributed by atoms with E-state index in [0.29, 0.717) is 19.3 Å². The Labute approximate surface area is 82.0 Å². The van der Waals surface area contributed by atoms with Crippen LogP contribution in [0.2, 0.25) is 6.04 Å². The van der Waals surface area contributed by atoms with Gasteiger partial charge in [-0.3, -0.25) is 0 Å². The molecule has 79 valence electrons. The third-order valence-electron chi connectivity index (χ3n) is 1.49. The second-order valence-electron chi connectivity index (χ2n) is 2.32. The maximum absolute atomic E-state index is 5.36. The van der Waals surface area contributed by atoms with E-state index < -0.39 is 9.28 Å². The van der Waals surface area contributed by atoms with Crippen LogP contribution in [0.1, 0.15) is 13.8 Å². The Bertz CT molecular complexity index is 102. The van der Waals surface area contributed by atoms with Gasteiger partial charge in [-0.05, 0) is 13.8 Å². The molecular weight excluding hydrogens is 188 g/mol. The van der Waals surface area contributed by atoms with Crippen molar-refractivity contribution in [3.63, 3.8) is 0 Å². The quantitative estimate of drug-likeness (QED) is 0.442. The highest BCUT2D eigenvalue weighted by atomic mass is 28.3. The van der Waals surface area contributed by atoms with Gasteiger partial charge < -0.3 is 18.3 Å². The van der Waals surface area contributed by atoms with Crippen molar-refractivity contribution < 1.29 is 18.3 Å². The van der Waals surface area contributed by atoms with Gasteiger partial charge in [0.1, 0.15) is 0 Å². The summed E-state index contributed by atoms with van der Waals surface area (Å²) in [5.74, 6) is 0. The van der Waals surface area contributed by atoms with Crippen LogP contribution in [0.15, 0.2) is 0 Å². The van der Waals surface area contributed by atoms with Crippen molar-refractivity contribution in [3.8, 4) is 0 Å². The average molecular weight is 207 g/mol. The summed E-state index contributed by atoms with van der Waals surface area (Å²) in [6.45, 7) is 5.18. The Morgan fingerprint density at radius 2 is 1.46 bits per heavy atom. The van der Waals surface area contributed by atoms with Crippen LogP contribution >= 0.6 is 0 Å². The van der Waals surface area contributed by atoms with Crippen molar-refractivity contribution in [1.29, 1.82) is 0 Å². The second kappa shape index (κ2) is 8.65. The van der Waals surface area contributed by atoms with E-state index in [1.54, 1.807) is 14.2 Å². The van der Waals surface area contributed by atoms with Crippen molar-refractivity contribution in [1.82, 2.24) is 0 Å². The largest absolute Gasteiger partial charge is 0.397 e. The molecular formula is C8H19O4Si. The van der Waals surface area contributed by atoms with E-state index in [1.807, 2.05) is 13.8 Å². The van der Waals surface area contributed by atoms with Gasteiger partial charge in [0.15, 0.2) is 6.29 Å². The van der Waals surface area contributed by atoms with Crippen molar-refractivity contribution >= 4 is 9.28 Å². The van der Waals surface area contributed by atoms with E-state index in [4.69, 9.17) is 18.3 Å². The van der Waals surface area contributed by atoms with Crippen LogP contribution in [0.25, 0.3) is 0 Å². The molecule has 0 rings (SSSR count). The second-order valence-corrected chi connectivity index (χ2v) is 4.29. The van der Waals surface area contributed by atoms with Gasteiger partial charge in [0.2, 0.25) is 0 Å². The monoisotopic (exact) mass is 207 g/mol. The first-order chi connectivity index (χ1) is 6.28. The topological polar surface area (TPSA) is 36.9 Å². The first kappa shape index (κ1) is 13.1. The molecule has 0 aromatic rings. The maximum Gasteiger partial charge on any atom is 0.389 e. The lowest BCUT2D eigenvalue weighted by atomic mass is 10.7. The maximum atomic E-state index is 5.36. The Morgan fingerprint density at radius 3 is 1.77 bits per heavy atom. The third kappa shape index (κ3) is 6.17. The fourth-order valence-corrected chi connectivity index (χ4v) is 1.93. The lowest BCUT2D eigenvalue weighted by Gasteiger charge is -2.18. The molecule has 13 heavy (non-hydrogen) atoms. The van der Waals surface area contributed by atoms with E-state index in [1.165, 1.54) is 0 Å². The van der Waals surface area contributed by atoms with E-state index in [9.17, 15) is 0 Å². The molecule has 0 aliphatic carbocycles. The fourth-order valence-electron chi connectivity index (χ4n) is 0.924. The third-order valence-corrected chi connectivity index (χ3v) is 3.07. The lowest BCUT2D eigenvalue weighted by molar-refractivity contribution is -0.126. The highest BCUT2D eigenvalue weighted by Gasteiger charge is 2.20. The Morgan fingerprint density at radius 1 is 1.00 bits per heavy atom. The minimum absolute atomic E-state index is 0.191. The molecule has 1 radical (unpaired) electrons. The molecule has 0 amide bonds. The van der Waals surface area contributed by atoms with Crippen molar-refractivity contribution in [2.75, 3.05) is 27.4 Å². The Hall–Kier alpha value is 0.0569. The zero-order valence-corrected chi connectivity index (χ0v) is 9.83. The van der Waals surface area contributed by atoms with Gasteiger partial charge in [0.25, 0.3) is 0 Å². The molecule has 0 aliphatic heterocycles. The molecule has 0 saturated heterocycles. The van der Waals surface area contributed by atoms with Crippen LogP contribution in [0.5, 0.6) is 0 Å². The number of hydrogen-bond acceptors (Lipinski definition) is 4. The molecule has 4 nitrogen and oxygen atoms in total. The molecule has 0 bridgehead atoms. The summed E-state index contributed by atoms with van der Waals surface area (Å²) in [6.07, 6.45) is -0.191. The zero-order valence-electron chi connectivity index (χ0n) is 8.83. The molecule has 0 spiro atoms. The molecule has 0 saturated carbocycles. The molecule has 0 aromatic carbocycles. The van der Waals surface area contributed by atoms with E-state index in [2.05, 4.69) is 0 Å².